The van der Waals surface area contributed by atoms with Crippen molar-refractivity contribution in [3.05, 3.63) is 33.9 Å². The minimum atomic E-state index is -0.403. The van der Waals surface area contributed by atoms with Crippen LogP contribution in [0.1, 0.15) is 19.4 Å². The Morgan fingerprint density at radius 1 is 1.43 bits per heavy atom. The summed E-state index contributed by atoms with van der Waals surface area (Å²) < 4.78 is 0. The summed E-state index contributed by atoms with van der Waals surface area (Å²) in [6.07, 6.45) is 0. The normalized spacial score (nSPS) is 9.64. The molecule has 0 aliphatic carbocycles. The Labute approximate surface area is 82.4 Å². The molecule has 0 saturated carbocycles. The number of benzene rings is 1. The first-order valence-electron chi connectivity index (χ1n) is 4.27. The SMILES string of the molecule is CC(C)=Nc1ccc([N+](=O)[O-])cc1C. The van der Waals surface area contributed by atoms with Gasteiger partial charge in [-0.05, 0) is 32.4 Å². The monoisotopic (exact) mass is 192 g/mol. The highest BCUT2D eigenvalue weighted by molar-refractivity contribution is 5.82. The number of hydrogen-bond donors (Lipinski definition) is 0. The summed E-state index contributed by atoms with van der Waals surface area (Å²) in [6, 6.07) is 4.66. The zero-order valence-electron chi connectivity index (χ0n) is 8.44. The van der Waals surface area contributed by atoms with E-state index in [0.717, 1.165) is 17.0 Å². The van der Waals surface area contributed by atoms with E-state index < -0.39 is 4.92 Å². The second-order valence-electron chi connectivity index (χ2n) is 3.29. The lowest BCUT2D eigenvalue weighted by Crippen LogP contribution is -1.88. The molecule has 0 heterocycles. The first kappa shape index (κ1) is 10.4. The third-order valence-corrected chi connectivity index (χ3v) is 1.74. The molecule has 0 amide bonds. The molecule has 14 heavy (non-hydrogen) atoms. The average molecular weight is 192 g/mol. The molecule has 1 aromatic carbocycles. The number of aryl methyl sites for hydroxylation is 1. The van der Waals surface area contributed by atoms with Gasteiger partial charge in [0.2, 0.25) is 0 Å². The number of rotatable bonds is 2. The number of hydrogen-bond acceptors (Lipinski definition) is 3. The van der Waals surface area contributed by atoms with Gasteiger partial charge in [-0.25, -0.2) is 0 Å². The van der Waals surface area contributed by atoms with Gasteiger partial charge in [0, 0.05) is 17.8 Å². The van der Waals surface area contributed by atoms with E-state index in [-0.39, 0.29) is 5.69 Å². The van der Waals surface area contributed by atoms with E-state index in [1.54, 1.807) is 6.07 Å². The number of aliphatic imine (C=N–C) groups is 1. The van der Waals surface area contributed by atoms with Gasteiger partial charge >= 0.3 is 0 Å². The van der Waals surface area contributed by atoms with Crippen molar-refractivity contribution in [1.29, 1.82) is 0 Å². The summed E-state index contributed by atoms with van der Waals surface area (Å²) in [6.45, 7) is 5.59. The zero-order valence-corrected chi connectivity index (χ0v) is 8.44. The molecule has 0 aromatic heterocycles. The minimum absolute atomic E-state index is 0.107. The van der Waals surface area contributed by atoms with Crippen molar-refractivity contribution in [2.75, 3.05) is 0 Å². The molecule has 0 spiro atoms. The van der Waals surface area contributed by atoms with Crippen LogP contribution in [0.25, 0.3) is 0 Å². The lowest BCUT2D eigenvalue weighted by Gasteiger charge is -2.00. The van der Waals surface area contributed by atoms with E-state index in [4.69, 9.17) is 0 Å². The van der Waals surface area contributed by atoms with Crippen molar-refractivity contribution < 1.29 is 4.92 Å². The van der Waals surface area contributed by atoms with Crippen molar-refractivity contribution >= 4 is 17.1 Å². The Bertz CT molecular complexity index is 393. The fourth-order valence-corrected chi connectivity index (χ4v) is 1.12. The molecule has 4 heteroatoms. The Hall–Kier alpha value is -1.71. The van der Waals surface area contributed by atoms with E-state index in [1.165, 1.54) is 12.1 Å². The highest BCUT2D eigenvalue weighted by Crippen LogP contribution is 2.23. The second kappa shape index (κ2) is 4.00. The van der Waals surface area contributed by atoms with Crippen LogP contribution in [-0.4, -0.2) is 10.6 Å². The Morgan fingerprint density at radius 3 is 2.50 bits per heavy atom. The van der Waals surface area contributed by atoms with Gasteiger partial charge in [0.15, 0.2) is 0 Å². The minimum Gasteiger partial charge on any atom is -0.258 e. The van der Waals surface area contributed by atoms with Crippen LogP contribution in [0.5, 0.6) is 0 Å². The van der Waals surface area contributed by atoms with Gasteiger partial charge in [-0.15, -0.1) is 0 Å². The highest BCUT2D eigenvalue weighted by atomic mass is 16.6. The number of nitrogens with zero attached hydrogens (tertiary/aromatic N) is 2. The quantitative estimate of drug-likeness (QED) is 0.411. The zero-order chi connectivity index (χ0) is 10.7. The van der Waals surface area contributed by atoms with E-state index in [2.05, 4.69) is 4.99 Å². The van der Waals surface area contributed by atoms with Gasteiger partial charge in [-0.3, -0.25) is 15.1 Å². The Balaban J connectivity index is 3.14. The predicted octanol–water partition coefficient (Wildman–Crippen LogP) is 3.02. The topological polar surface area (TPSA) is 55.5 Å². The summed E-state index contributed by atoms with van der Waals surface area (Å²) in [5.74, 6) is 0. The molecule has 0 radical (unpaired) electrons. The van der Waals surface area contributed by atoms with Gasteiger partial charge in [0.1, 0.15) is 0 Å². The molecule has 1 aromatic rings. The fourth-order valence-electron chi connectivity index (χ4n) is 1.12. The van der Waals surface area contributed by atoms with Gasteiger partial charge in [-0.2, -0.15) is 0 Å². The first-order valence-corrected chi connectivity index (χ1v) is 4.27. The third kappa shape index (κ3) is 2.39. The van der Waals surface area contributed by atoms with Crippen molar-refractivity contribution in [2.24, 2.45) is 4.99 Å². The second-order valence-corrected chi connectivity index (χ2v) is 3.29. The van der Waals surface area contributed by atoms with Gasteiger partial charge in [-0.1, -0.05) is 0 Å². The molecule has 0 saturated heterocycles. The van der Waals surface area contributed by atoms with Crippen LogP contribution >= 0.6 is 0 Å². The molecule has 1 rings (SSSR count). The highest BCUT2D eigenvalue weighted by Gasteiger charge is 2.06. The average Bonchev–Trinajstić information content (AvgIpc) is 2.07. The molecule has 0 atom stereocenters. The van der Waals surface area contributed by atoms with E-state index in [1.807, 2.05) is 20.8 Å². The maximum absolute atomic E-state index is 10.5. The number of non-ortho nitro benzene ring substituents is 1. The summed E-state index contributed by atoms with van der Waals surface area (Å²) in [5, 5.41) is 10.5. The summed E-state index contributed by atoms with van der Waals surface area (Å²) in [5.41, 5.74) is 2.65. The molecular weight excluding hydrogens is 180 g/mol. The molecule has 0 aliphatic rings. The van der Waals surface area contributed by atoms with Crippen molar-refractivity contribution in [2.45, 2.75) is 20.8 Å². The number of nitro benzene ring substituents is 1. The summed E-state index contributed by atoms with van der Waals surface area (Å²) >= 11 is 0. The van der Waals surface area contributed by atoms with Crippen LogP contribution in [0, 0.1) is 17.0 Å². The largest absolute Gasteiger partial charge is 0.269 e. The lowest BCUT2D eigenvalue weighted by atomic mass is 10.2. The maximum Gasteiger partial charge on any atom is 0.269 e. The molecule has 0 fully saturated rings. The molecule has 0 unspecified atom stereocenters. The van der Waals surface area contributed by atoms with Crippen LogP contribution in [0.15, 0.2) is 23.2 Å². The molecule has 74 valence electrons. The lowest BCUT2D eigenvalue weighted by molar-refractivity contribution is -0.384. The van der Waals surface area contributed by atoms with Gasteiger partial charge in [0.05, 0.1) is 10.6 Å². The van der Waals surface area contributed by atoms with Crippen LogP contribution in [0.3, 0.4) is 0 Å². The van der Waals surface area contributed by atoms with E-state index >= 15 is 0 Å². The van der Waals surface area contributed by atoms with Gasteiger partial charge in [0.25, 0.3) is 5.69 Å². The molecule has 0 aliphatic heterocycles. The van der Waals surface area contributed by atoms with Crippen LogP contribution < -0.4 is 0 Å². The molecule has 0 bridgehead atoms. The smallest absolute Gasteiger partial charge is 0.258 e. The fraction of sp³-hybridized carbons (Fsp3) is 0.300. The Kier molecular flexibility index (Phi) is 2.96. The summed E-state index contributed by atoms with van der Waals surface area (Å²) in [7, 11) is 0. The third-order valence-electron chi connectivity index (χ3n) is 1.74. The van der Waals surface area contributed by atoms with E-state index in [9.17, 15) is 10.1 Å². The Morgan fingerprint density at radius 2 is 2.07 bits per heavy atom. The van der Waals surface area contributed by atoms with Crippen LogP contribution in [-0.2, 0) is 0 Å². The molecular formula is C10H12N2O2. The molecule has 4 nitrogen and oxygen atoms in total. The predicted molar refractivity (Wildman–Crippen MR) is 56.3 cm³/mol. The van der Waals surface area contributed by atoms with Crippen molar-refractivity contribution in [3.8, 4) is 0 Å². The van der Waals surface area contributed by atoms with E-state index in [0.29, 0.717) is 0 Å². The van der Waals surface area contributed by atoms with Crippen LogP contribution in [0.2, 0.25) is 0 Å². The first-order chi connectivity index (χ1) is 6.50. The van der Waals surface area contributed by atoms with Crippen molar-refractivity contribution in [3.63, 3.8) is 0 Å². The maximum atomic E-state index is 10.5. The van der Waals surface area contributed by atoms with Crippen molar-refractivity contribution in [1.82, 2.24) is 0 Å². The summed E-state index contributed by atoms with van der Waals surface area (Å²) in [4.78, 5) is 14.3. The number of nitro groups is 1. The molecule has 0 N–H and O–H groups in total. The van der Waals surface area contributed by atoms with Crippen LogP contribution in [0.4, 0.5) is 11.4 Å². The van der Waals surface area contributed by atoms with Gasteiger partial charge < -0.3 is 0 Å². The standard InChI is InChI=1S/C10H12N2O2/c1-7(2)11-10-5-4-9(12(13)14)6-8(10)3/h4-6H,1-3H3.